The summed E-state index contributed by atoms with van der Waals surface area (Å²) in [5.74, 6) is 0.437. The monoisotopic (exact) mass is 494 g/mol. The molecule has 0 fully saturated rings. The highest BCUT2D eigenvalue weighted by Crippen LogP contribution is 2.37. The van der Waals surface area contributed by atoms with Gasteiger partial charge in [0.15, 0.2) is 0 Å². The lowest BCUT2D eigenvalue weighted by molar-refractivity contribution is -0.0492. The van der Waals surface area contributed by atoms with Gasteiger partial charge < -0.3 is 14.6 Å². The maximum Gasteiger partial charge on any atom is 0.511 e. The average molecular weight is 495 g/mol. The lowest BCUT2D eigenvalue weighted by Gasteiger charge is -2.34. The molecule has 2 heterocycles. The molecule has 0 amide bonds. The van der Waals surface area contributed by atoms with Crippen LogP contribution >= 0.6 is 0 Å². The number of benzene rings is 2. The van der Waals surface area contributed by atoms with E-state index in [4.69, 9.17) is 4.74 Å². The Hall–Kier alpha value is -3.05. The summed E-state index contributed by atoms with van der Waals surface area (Å²) in [7, 11) is -4.09. The Morgan fingerprint density at radius 2 is 1.94 bits per heavy atom. The summed E-state index contributed by atoms with van der Waals surface area (Å²) in [4.78, 5) is 9.03. The van der Waals surface area contributed by atoms with Crippen LogP contribution in [-0.2, 0) is 29.5 Å². The van der Waals surface area contributed by atoms with Gasteiger partial charge in [-0.3, -0.25) is 0 Å². The molecule has 1 aliphatic rings. The lowest BCUT2D eigenvalue weighted by atomic mass is 10.0. The minimum Gasteiger partial charge on any atom is -0.497 e. The Kier molecular flexibility index (Phi) is 6.85. The van der Waals surface area contributed by atoms with Crippen molar-refractivity contribution in [3.8, 4) is 5.75 Å². The number of nitrogens with zero attached hydrogens (tertiary/aromatic N) is 3. The van der Waals surface area contributed by atoms with Crippen LogP contribution in [0.25, 0.3) is 0 Å². The molecule has 1 atom stereocenters. The first-order valence-corrected chi connectivity index (χ1v) is 12.1. The predicted octanol–water partition coefficient (Wildman–Crippen LogP) is 4.09. The van der Waals surface area contributed by atoms with E-state index in [2.05, 4.69) is 9.97 Å². The number of imidazole rings is 1. The normalized spacial score (nSPS) is 17.3. The van der Waals surface area contributed by atoms with Gasteiger partial charge in [0.2, 0.25) is 0 Å². The molecular formula is C23H25F3N4O3S. The van der Waals surface area contributed by atoms with Crippen molar-refractivity contribution < 1.29 is 26.3 Å². The molecular weight excluding hydrogens is 469 g/mol. The fraction of sp³-hybridized carbons (Fsp3) is 0.348. The molecule has 2 aromatic carbocycles. The summed E-state index contributed by atoms with van der Waals surface area (Å²) >= 11 is 0. The van der Waals surface area contributed by atoms with Crippen LogP contribution in [0.1, 0.15) is 23.2 Å². The van der Waals surface area contributed by atoms with Gasteiger partial charge in [-0.05, 0) is 42.2 Å². The number of ether oxygens (including phenoxy) is 1. The van der Waals surface area contributed by atoms with Crippen molar-refractivity contribution in [3.63, 3.8) is 0 Å². The first kappa shape index (κ1) is 24.1. The van der Waals surface area contributed by atoms with Gasteiger partial charge in [-0.2, -0.15) is 17.5 Å². The van der Waals surface area contributed by atoms with Gasteiger partial charge in [0, 0.05) is 31.0 Å². The Morgan fingerprint density at radius 1 is 1.18 bits per heavy atom. The van der Waals surface area contributed by atoms with Gasteiger partial charge in [-0.1, -0.05) is 30.3 Å². The second kappa shape index (κ2) is 9.67. The summed E-state index contributed by atoms with van der Waals surface area (Å²) < 4.78 is 71.5. The molecule has 1 aliphatic heterocycles. The highest BCUT2D eigenvalue weighted by molar-refractivity contribution is 7.89. The van der Waals surface area contributed by atoms with Crippen LogP contribution < -0.4 is 9.64 Å². The maximum atomic E-state index is 13.6. The molecule has 34 heavy (non-hydrogen) atoms. The van der Waals surface area contributed by atoms with Crippen molar-refractivity contribution >= 4 is 15.7 Å². The van der Waals surface area contributed by atoms with E-state index >= 15 is 0 Å². The zero-order chi connectivity index (χ0) is 24.3. The third-order valence-corrected chi connectivity index (χ3v) is 7.48. The molecule has 1 aromatic heterocycles. The average Bonchev–Trinajstić information content (AvgIpc) is 3.27. The second-order valence-electron chi connectivity index (χ2n) is 8.12. The summed E-state index contributed by atoms with van der Waals surface area (Å²) in [6, 6.07) is 14.1. The molecule has 1 N–H and O–H groups in total. The van der Waals surface area contributed by atoms with Gasteiger partial charge in [0.05, 0.1) is 25.7 Å². The van der Waals surface area contributed by atoms with E-state index in [-0.39, 0.29) is 6.54 Å². The van der Waals surface area contributed by atoms with E-state index in [1.807, 2.05) is 35.2 Å². The lowest BCUT2D eigenvalue weighted by Crippen LogP contribution is -2.47. The number of rotatable bonds is 7. The topological polar surface area (TPSA) is 78.5 Å². The molecule has 7 nitrogen and oxygen atoms in total. The Balaban J connectivity index is 1.77. The van der Waals surface area contributed by atoms with Gasteiger partial charge in [-0.15, -0.1) is 0 Å². The Bertz CT molecular complexity index is 1200. The Morgan fingerprint density at radius 3 is 2.59 bits per heavy atom. The molecule has 4 rings (SSSR count). The van der Waals surface area contributed by atoms with Gasteiger partial charge in [0.25, 0.3) is 0 Å². The third-order valence-electron chi connectivity index (χ3n) is 5.93. The first-order valence-electron chi connectivity index (χ1n) is 10.7. The highest BCUT2D eigenvalue weighted by atomic mass is 32.2. The number of aromatic nitrogens is 2. The molecule has 3 aromatic rings. The quantitative estimate of drug-likeness (QED) is 0.535. The highest BCUT2D eigenvalue weighted by Gasteiger charge is 2.51. The summed E-state index contributed by atoms with van der Waals surface area (Å²) in [5.41, 5.74) is -2.51. The predicted molar refractivity (Wildman–Crippen MR) is 122 cm³/mol. The molecule has 11 heteroatoms. The van der Waals surface area contributed by atoms with E-state index in [0.717, 1.165) is 11.3 Å². The van der Waals surface area contributed by atoms with Crippen molar-refractivity contribution in [2.24, 2.45) is 0 Å². The van der Waals surface area contributed by atoms with Gasteiger partial charge in [0.1, 0.15) is 5.75 Å². The number of alkyl halides is 3. The number of H-pyrrole nitrogens is 1. The van der Waals surface area contributed by atoms with Gasteiger partial charge in [-0.25, -0.2) is 13.4 Å². The molecule has 0 bridgehead atoms. The zero-order valence-corrected chi connectivity index (χ0v) is 19.3. The first-order chi connectivity index (χ1) is 16.2. The second-order valence-corrected chi connectivity index (χ2v) is 10.1. The third kappa shape index (κ3) is 5.05. The zero-order valence-electron chi connectivity index (χ0n) is 18.5. The van der Waals surface area contributed by atoms with Crippen LogP contribution in [0, 0.1) is 0 Å². The summed E-state index contributed by atoms with van der Waals surface area (Å²) in [5, 5.41) is 0. The molecule has 0 spiro atoms. The number of aromatic amines is 1. The fourth-order valence-electron chi connectivity index (χ4n) is 4.20. The van der Waals surface area contributed by atoms with E-state index in [1.165, 1.54) is 13.4 Å². The van der Waals surface area contributed by atoms with Gasteiger partial charge >= 0.3 is 15.5 Å². The number of aryl methyl sites for hydroxylation is 1. The fourth-order valence-corrected chi connectivity index (χ4v) is 5.17. The number of halogens is 3. The number of hydrogen-bond donors (Lipinski definition) is 1. The van der Waals surface area contributed by atoms with Crippen molar-refractivity contribution in [3.05, 3.63) is 77.9 Å². The molecule has 0 saturated carbocycles. The minimum absolute atomic E-state index is 0.306. The largest absolute Gasteiger partial charge is 0.511 e. The van der Waals surface area contributed by atoms with Crippen LogP contribution in [-0.4, -0.2) is 47.9 Å². The number of nitrogens with one attached hydrogen (secondary N) is 1. The number of anilines is 1. The van der Waals surface area contributed by atoms with Crippen molar-refractivity contribution in [1.29, 1.82) is 0 Å². The van der Waals surface area contributed by atoms with Crippen molar-refractivity contribution in [2.75, 3.05) is 18.6 Å². The Labute approximate surface area is 196 Å². The number of hydrogen-bond acceptors (Lipinski definition) is 5. The van der Waals surface area contributed by atoms with E-state index in [0.29, 0.717) is 40.7 Å². The summed E-state index contributed by atoms with van der Waals surface area (Å²) in [6.07, 6.45) is 4.21. The summed E-state index contributed by atoms with van der Waals surface area (Å²) in [6.45, 7) is -0.381. The number of fused-ring (bicyclic) bond motifs is 1. The van der Waals surface area contributed by atoms with E-state index in [9.17, 15) is 21.6 Å². The molecule has 0 saturated heterocycles. The van der Waals surface area contributed by atoms with Crippen LogP contribution in [0.4, 0.5) is 18.9 Å². The number of methoxy groups -OCH3 is 1. The smallest absolute Gasteiger partial charge is 0.497 e. The molecule has 0 aliphatic carbocycles. The standard InChI is InChI=1S/C23H25F3N4O3S/c1-33-21-9-10-22-18(11-21)13-29(34(31,32)23(24,25)26)15-20(8-7-17-5-3-2-4-6-17)30(22)14-19-12-27-16-28-19/h2-6,9-12,16,20H,7-8,13-15H2,1H3,(H,27,28)/t20-/m0/s1. The van der Waals surface area contributed by atoms with Crippen LogP contribution in [0.5, 0.6) is 5.75 Å². The van der Waals surface area contributed by atoms with Crippen LogP contribution in [0.2, 0.25) is 0 Å². The van der Waals surface area contributed by atoms with E-state index < -0.39 is 28.1 Å². The molecule has 182 valence electrons. The van der Waals surface area contributed by atoms with Crippen LogP contribution in [0.15, 0.2) is 61.1 Å². The molecule has 0 unspecified atom stereocenters. The number of sulfonamides is 1. The SMILES string of the molecule is COc1ccc2c(c1)CN(S(=O)(=O)C(F)(F)F)C[C@H](CCc1ccccc1)N2Cc1cnc[nH]1. The maximum absolute atomic E-state index is 13.6. The van der Waals surface area contributed by atoms with Crippen molar-refractivity contribution in [1.82, 2.24) is 14.3 Å². The van der Waals surface area contributed by atoms with Crippen molar-refractivity contribution in [2.45, 2.75) is 37.5 Å². The van der Waals surface area contributed by atoms with E-state index in [1.54, 1.807) is 24.4 Å². The minimum atomic E-state index is -5.54. The van der Waals surface area contributed by atoms with Crippen LogP contribution in [0.3, 0.4) is 0 Å². The molecule has 0 radical (unpaired) electrons.